The minimum atomic E-state index is 1.05. The van der Waals surface area contributed by atoms with Crippen LogP contribution in [0.15, 0.2) is 24.0 Å². The first-order chi connectivity index (χ1) is 4.97. The van der Waals surface area contributed by atoms with Crippen molar-refractivity contribution in [2.45, 2.75) is 6.42 Å². The Bertz CT molecular complexity index is 182. The second-order valence-electron chi connectivity index (χ2n) is 2.69. The van der Waals surface area contributed by atoms with Crippen LogP contribution in [0.5, 0.6) is 0 Å². The van der Waals surface area contributed by atoms with Crippen molar-refractivity contribution in [3.8, 4) is 0 Å². The predicted molar refractivity (Wildman–Crippen MR) is 41.4 cm³/mol. The van der Waals surface area contributed by atoms with Gasteiger partial charge in [0, 0.05) is 31.5 Å². The second kappa shape index (κ2) is 2.46. The highest BCUT2D eigenvalue weighted by atomic mass is 15.2. The zero-order chi connectivity index (χ0) is 6.81. The maximum atomic E-state index is 3.34. The molecule has 0 aromatic carbocycles. The van der Waals surface area contributed by atoms with Gasteiger partial charge in [0.15, 0.2) is 0 Å². The standard InChI is InChI=1S/C8H12N2/c1-2-5-10-6-4-9-7-8(10)3-1/h2-3,5,9H,1,4,6-7H2. The molecule has 0 aromatic rings. The van der Waals surface area contributed by atoms with Gasteiger partial charge in [-0.25, -0.2) is 0 Å². The number of allylic oxidation sites excluding steroid dienone is 2. The number of piperazine rings is 1. The van der Waals surface area contributed by atoms with Gasteiger partial charge in [-0.1, -0.05) is 12.2 Å². The SMILES string of the molecule is C1=CN2CCNCC2=CC1. The highest BCUT2D eigenvalue weighted by Gasteiger charge is 2.12. The van der Waals surface area contributed by atoms with Crippen molar-refractivity contribution in [2.75, 3.05) is 19.6 Å². The largest absolute Gasteiger partial charge is 0.350 e. The molecule has 0 amide bonds. The summed E-state index contributed by atoms with van der Waals surface area (Å²) in [6.07, 6.45) is 7.78. The lowest BCUT2D eigenvalue weighted by atomic mass is 10.2. The Morgan fingerprint density at radius 1 is 1.50 bits per heavy atom. The highest BCUT2D eigenvalue weighted by molar-refractivity contribution is 5.15. The average molecular weight is 136 g/mol. The maximum absolute atomic E-state index is 3.34. The van der Waals surface area contributed by atoms with Crippen molar-refractivity contribution in [1.82, 2.24) is 10.2 Å². The molecule has 2 aliphatic rings. The number of nitrogens with zero attached hydrogens (tertiary/aromatic N) is 1. The van der Waals surface area contributed by atoms with Gasteiger partial charge in [-0.2, -0.15) is 0 Å². The first kappa shape index (κ1) is 5.98. The van der Waals surface area contributed by atoms with Gasteiger partial charge >= 0.3 is 0 Å². The van der Waals surface area contributed by atoms with E-state index in [1.54, 1.807) is 0 Å². The van der Waals surface area contributed by atoms with E-state index in [9.17, 15) is 0 Å². The Balaban J connectivity index is 2.13. The van der Waals surface area contributed by atoms with E-state index >= 15 is 0 Å². The van der Waals surface area contributed by atoms with Crippen molar-refractivity contribution in [3.05, 3.63) is 24.0 Å². The van der Waals surface area contributed by atoms with Crippen LogP contribution < -0.4 is 5.32 Å². The summed E-state index contributed by atoms with van der Waals surface area (Å²) >= 11 is 0. The average Bonchev–Trinajstić information content (AvgIpc) is 2.05. The van der Waals surface area contributed by atoms with Crippen LogP contribution in [0.1, 0.15) is 6.42 Å². The molecule has 2 nitrogen and oxygen atoms in total. The summed E-state index contributed by atoms with van der Waals surface area (Å²) in [6, 6.07) is 0. The molecule has 0 saturated carbocycles. The minimum Gasteiger partial charge on any atom is -0.350 e. The molecule has 1 fully saturated rings. The maximum Gasteiger partial charge on any atom is 0.0356 e. The topological polar surface area (TPSA) is 15.3 Å². The van der Waals surface area contributed by atoms with Crippen molar-refractivity contribution < 1.29 is 0 Å². The lowest BCUT2D eigenvalue weighted by Gasteiger charge is -2.30. The third-order valence-electron chi connectivity index (χ3n) is 1.98. The van der Waals surface area contributed by atoms with E-state index in [1.165, 1.54) is 5.70 Å². The van der Waals surface area contributed by atoms with Gasteiger partial charge in [0.05, 0.1) is 0 Å². The van der Waals surface area contributed by atoms with E-state index in [-0.39, 0.29) is 0 Å². The lowest BCUT2D eigenvalue weighted by Crippen LogP contribution is -2.39. The summed E-state index contributed by atoms with van der Waals surface area (Å²) in [4.78, 5) is 2.32. The summed E-state index contributed by atoms with van der Waals surface area (Å²) in [5, 5.41) is 3.34. The molecule has 2 aliphatic heterocycles. The third kappa shape index (κ3) is 0.948. The molecule has 2 rings (SSSR count). The lowest BCUT2D eigenvalue weighted by molar-refractivity contribution is 0.386. The molecule has 1 N–H and O–H groups in total. The van der Waals surface area contributed by atoms with Crippen LogP contribution in [0.25, 0.3) is 0 Å². The number of nitrogens with one attached hydrogen (secondary N) is 1. The summed E-state index contributed by atoms with van der Waals surface area (Å²) in [5.74, 6) is 0. The van der Waals surface area contributed by atoms with Crippen LogP contribution in [0.2, 0.25) is 0 Å². The molecule has 0 aromatic heterocycles. The molecule has 1 saturated heterocycles. The van der Waals surface area contributed by atoms with Crippen molar-refractivity contribution in [1.29, 1.82) is 0 Å². The quantitative estimate of drug-likeness (QED) is 0.527. The van der Waals surface area contributed by atoms with Crippen molar-refractivity contribution in [2.24, 2.45) is 0 Å². The fourth-order valence-corrected chi connectivity index (χ4v) is 1.41. The van der Waals surface area contributed by atoms with E-state index in [0.717, 1.165) is 26.1 Å². The Morgan fingerprint density at radius 3 is 3.40 bits per heavy atom. The molecule has 0 unspecified atom stereocenters. The monoisotopic (exact) mass is 136 g/mol. The number of hydrogen-bond donors (Lipinski definition) is 1. The fraction of sp³-hybridized carbons (Fsp3) is 0.500. The molecule has 0 bridgehead atoms. The normalized spacial score (nSPS) is 24.0. The molecular formula is C8H12N2. The zero-order valence-corrected chi connectivity index (χ0v) is 6.01. The predicted octanol–water partition coefficient (Wildman–Crippen LogP) is 0.693. The van der Waals surface area contributed by atoms with Crippen molar-refractivity contribution in [3.63, 3.8) is 0 Å². The summed E-state index contributed by atoms with van der Waals surface area (Å²) in [5.41, 5.74) is 1.44. The molecule has 0 aliphatic carbocycles. The van der Waals surface area contributed by atoms with E-state index < -0.39 is 0 Å². The Kier molecular flexibility index (Phi) is 1.47. The van der Waals surface area contributed by atoms with Crippen LogP contribution >= 0.6 is 0 Å². The number of rotatable bonds is 0. The molecule has 54 valence electrons. The first-order valence-electron chi connectivity index (χ1n) is 3.80. The van der Waals surface area contributed by atoms with Crippen molar-refractivity contribution >= 4 is 0 Å². The zero-order valence-electron chi connectivity index (χ0n) is 6.01. The van der Waals surface area contributed by atoms with E-state index in [0.29, 0.717) is 0 Å². The van der Waals surface area contributed by atoms with Gasteiger partial charge in [-0.05, 0) is 6.42 Å². The van der Waals surface area contributed by atoms with Gasteiger partial charge in [-0.15, -0.1) is 0 Å². The summed E-state index contributed by atoms with van der Waals surface area (Å²) in [7, 11) is 0. The molecule has 0 spiro atoms. The molecule has 2 heterocycles. The first-order valence-corrected chi connectivity index (χ1v) is 3.80. The van der Waals surface area contributed by atoms with Gasteiger partial charge in [-0.3, -0.25) is 0 Å². The summed E-state index contributed by atoms with van der Waals surface area (Å²) < 4.78 is 0. The summed E-state index contributed by atoms with van der Waals surface area (Å²) in [6.45, 7) is 3.29. The Hall–Kier alpha value is -0.760. The molecule has 0 atom stereocenters. The van der Waals surface area contributed by atoms with E-state index in [1.807, 2.05) is 0 Å². The van der Waals surface area contributed by atoms with Crippen LogP contribution in [0, 0.1) is 0 Å². The highest BCUT2D eigenvalue weighted by Crippen LogP contribution is 2.13. The third-order valence-corrected chi connectivity index (χ3v) is 1.98. The van der Waals surface area contributed by atoms with Crippen LogP contribution in [-0.2, 0) is 0 Å². The van der Waals surface area contributed by atoms with Gasteiger partial charge in [0.2, 0.25) is 0 Å². The van der Waals surface area contributed by atoms with Gasteiger partial charge in [0.25, 0.3) is 0 Å². The van der Waals surface area contributed by atoms with Gasteiger partial charge in [0.1, 0.15) is 0 Å². The van der Waals surface area contributed by atoms with Gasteiger partial charge < -0.3 is 10.2 Å². The fourth-order valence-electron chi connectivity index (χ4n) is 1.41. The molecule has 2 heteroatoms. The van der Waals surface area contributed by atoms with Crippen LogP contribution in [0.3, 0.4) is 0 Å². The van der Waals surface area contributed by atoms with E-state index in [4.69, 9.17) is 0 Å². The second-order valence-corrected chi connectivity index (χ2v) is 2.69. The van der Waals surface area contributed by atoms with Crippen LogP contribution in [0.4, 0.5) is 0 Å². The van der Waals surface area contributed by atoms with E-state index in [2.05, 4.69) is 28.6 Å². The molecular weight excluding hydrogens is 124 g/mol. The Morgan fingerprint density at radius 2 is 2.50 bits per heavy atom. The van der Waals surface area contributed by atoms with Crippen LogP contribution in [-0.4, -0.2) is 24.5 Å². The smallest absolute Gasteiger partial charge is 0.0356 e. The number of fused-ring (bicyclic) bond motifs is 1. The molecule has 10 heavy (non-hydrogen) atoms. The number of hydrogen-bond acceptors (Lipinski definition) is 2. The Labute approximate surface area is 61.2 Å². The minimum absolute atomic E-state index is 1.05. The molecule has 0 radical (unpaired) electrons.